The topological polar surface area (TPSA) is 101 Å². The number of aromatic nitrogens is 1. The molecule has 7 heteroatoms. The Labute approximate surface area is 202 Å². The van der Waals surface area contributed by atoms with Crippen LogP contribution in [0.4, 0.5) is 5.69 Å². The van der Waals surface area contributed by atoms with Crippen molar-refractivity contribution in [2.45, 2.75) is 31.7 Å². The summed E-state index contributed by atoms with van der Waals surface area (Å²) in [6.07, 6.45) is 2.12. The van der Waals surface area contributed by atoms with E-state index in [0.717, 1.165) is 18.4 Å². The summed E-state index contributed by atoms with van der Waals surface area (Å²) in [7, 11) is 0. The Morgan fingerprint density at radius 3 is 2.54 bits per heavy atom. The number of ether oxygens (including phenoxy) is 1. The lowest BCUT2D eigenvalue weighted by Gasteiger charge is -2.34. The molecule has 3 aromatic rings. The number of pyridine rings is 1. The molecule has 1 unspecified atom stereocenters. The van der Waals surface area contributed by atoms with Crippen LogP contribution >= 0.6 is 0 Å². The minimum absolute atomic E-state index is 0.0343. The van der Waals surface area contributed by atoms with Crippen LogP contribution in [0, 0.1) is 24.2 Å². The van der Waals surface area contributed by atoms with Gasteiger partial charge in [-0.15, -0.1) is 0 Å². The van der Waals surface area contributed by atoms with Crippen LogP contribution < -0.4 is 20.9 Å². The fourth-order valence-electron chi connectivity index (χ4n) is 5.42. The number of nitrogens with zero attached hydrogens (tertiary/aromatic N) is 3. The molecule has 174 valence electrons. The van der Waals surface area contributed by atoms with Crippen LogP contribution in [0.15, 0.2) is 76.9 Å². The molecule has 35 heavy (non-hydrogen) atoms. The highest BCUT2D eigenvalue weighted by atomic mass is 16.5. The molecule has 3 aliphatic rings. The highest BCUT2D eigenvalue weighted by Gasteiger charge is 2.61. The van der Waals surface area contributed by atoms with Crippen LogP contribution in [0.2, 0.25) is 0 Å². The number of rotatable bonds is 4. The molecule has 3 heterocycles. The molecule has 0 radical (unpaired) electrons. The van der Waals surface area contributed by atoms with E-state index in [4.69, 9.17) is 10.5 Å². The molecule has 7 nitrogen and oxygen atoms in total. The van der Waals surface area contributed by atoms with Crippen molar-refractivity contribution < 1.29 is 9.53 Å². The Morgan fingerprint density at radius 1 is 1.11 bits per heavy atom. The lowest BCUT2D eigenvalue weighted by atomic mass is 9.69. The summed E-state index contributed by atoms with van der Waals surface area (Å²) in [5, 5.41) is 10.2. The number of hydrogen-bond donors (Lipinski definition) is 1. The molecule has 2 aliphatic heterocycles. The maximum absolute atomic E-state index is 14.4. The third-order valence-corrected chi connectivity index (χ3v) is 7.29. The van der Waals surface area contributed by atoms with Gasteiger partial charge in [0.05, 0.1) is 12.1 Å². The summed E-state index contributed by atoms with van der Waals surface area (Å²) in [4.78, 5) is 30.3. The van der Waals surface area contributed by atoms with Crippen LogP contribution in [0.3, 0.4) is 0 Å². The van der Waals surface area contributed by atoms with Crippen molar-refractivity contribution >= 4 is 11.6 Å². The molecule has 1 aliphatic carbocycles. The number of carbonyl (C=O) groups excluding carboxylic acids is 1. The number of anilines is 1. The van der Waals surface area contributed by atoms with Gasteiger partial charge >= 0.3 is 0 Å². The summed E-state index contributed by atoms with van der Waals surface area (Å²) < 4.78 is 7.47. The number of nitrogens with two attached hydrogens (primary N) is 1. The SMILES string of the molecule is Cc1cc2c(c(=O)n1Cc1ccccc1)C1(C(=O)N(CC3CC3)c3ccccc31)C(C#N)=C(N)O2. The molecule has 0 bridgehead atoms. The number of benzene rings is 2. The van der Waals surface area contributed by atoms with Gasteiger partial charge < -0.3 is 19.9 Å². The zero-order valence-corrected chi connectivity index (χ0v) is 19.3. The standard InChI is InChI=1S/C28H24N4O3/c1-17-13-23-24(26(33)31(17)15-18-7-3-2-4-8-18)28(21(14-29)25(30)35-23)20-9-5-6-10-22(20)32(27(28)34)16-19-11-12-19/h2-10,13,19H,11-12,15-16,30H2,1H3. The summed E-state index contributed by atoms with van der Waals surface area (Å²) in [5.41, 5.74) is 7.32. The van der Waals surface area contributed by atoms with Gasteiger partial charge in [0.25, 0.3) is 5.56 Å². The molecular weight excluding hydrogens is 440 g/mol. The van der Waals surface area contributed by atoms with Crippen LogP contribution in [0.1, 0.15) is 35.2 Å². The smallest absolute Gasteiger partial charge is 0.259 e. The predicted molar refractivity (Wildman–Crippen MR) is 131 cm³/mol. The summed E-state index contributed by atoms with van der Waals surface area (Å²) in [5.74, 6) is 0.184. The molecule has 2 aromatic carbocycles. The monoisotopic (exact) mass is 464 g/mol. The van der Waals surface area contributed by atoms with E-state index >= 15 is 0 Å². The van der Waals surface area contributed by atoms with E-state index in [1.807, 2.05) is 61.5 Å². The average molecular weight is 465 g/mol. The number of fused-ring (bicyclic) bond motifs is 4. The average Bonchev–Trinajstić information content (AvgIpc) is 3.65. The van der Waals surface area contributed by atoms with Crippen molar-refractivity contribution in [3.8, 4) is 11.8 Å². The molecule has 2 N–H and O–H groups in total. The van der Waals surface area contributed by atoms with Gasteiger partial charge in [0.1, 0.15) is 17.4 Å². The summed E-state index contributed by atoms with van der Waals surface area (Å²) in [6, 6.07) is 20.9. The van der Waals surface area contributed by atoms with Crippen molar-refractivity contribution in [1.29, 1.82) is 5.26 Å². The van der Waals surface area contributed by atoms with Crippen molar-refractivity contribution in [3.05, 3.63) is 105 Å². The van der Waals surface area contributed by atoms with Gasteiger partial charge in [0, 0.05) is 29.6 Å². The van der Waals surface area contributed by atoms with Crippen molar-refractivity contribution in [2.75, 3.05) is 11.4 Å². The number of hydrogen-bond acceptors (Lipinski definition) is 5. The maximum atomic E-state index is 14.4. The third-order valence-electron chi connectivity index (χ3n) is 7.29. The van der Waals surface area contributed by atoms with Crippen LogP contribution in [0.5, 0.6) is 5.75 Å². The molecule has 1 atom stereocenters. The van der Waals surface area contributed by atoms with Crippen LogP contribution in [-0.4, -0.2) is 17.0 Å². The highest BCUT2D eigenvalue weighted by Crippen LogP contribution is 2.54. The Morgan fingerprint density at radius 2 is 1.83 bits per heavy atom. The van der Waals surface area contributed by atoms with E-state index in [-0.39, 0.29) is 34.2 Å². The fourth-order valence-corrected chi connectivity index (χ4v) is 5.42. The molecule has 1 amide bonds. The number of para-hydroxylation sites is 1. The van der Waals surface area contributed by atoms with Gasteiger partial charge in [0.15, 0.2) is 5.41 Å². The van der Waals surface area contributed by atoms with Gasteiger partial charge in [-0.25, -0.2) is 0 Å². The minimum atomic E-state index is -1.64. The summed E-state index contributed by atoms with van der Waals surface area (Å²) >= 11 is 0. The molecule has 1 saturated carbocycles. The van der Waals surface area contributed by atoms with E-state index in [9.17, 15) is 14.9 Å². The molecule has 6 rings (SSSR count). The second kappa shape index (κ2) is 7.60. The normalized spacial score (nSPS) is 20.5. The van der Waals surface area contributed by atoms with Crippen molar-refractivity contribution in [1.82, 2.24) is 4.57 Å². The van der Waals surface area contributed by atoms with Crippen molar-refractivity contribution in [2.24, 2.45) is 11.7 Å². The van der Waals surface area contributed by atoms with E-state index < -0.39 is 5.41 Å². The largest absolute Gasteiger partial charge is 0.440 e. The van der Waals surface area contributed by atoms with Crippen LogP contribution in [0.25, 0.3) is 0 Å². The first-order valence-electron chi connectivity index (χ1n) is 11.7. The minimum Gasteiger partial charge on any atom is -0.440 e. The predicted octanol–water partition coefficient (Wildman–Crippen LogP) is 3.33. The molecule has 0 saturated heterocycles. The number of amides is 1. The van der Waals surface area contributed by atoms with Crippen LogP contribution in [-0.2, 0) is 16.8 Å². The Kier molecular flexibility index (Phi) is 4.61. The van der Waals surface area contributed by atoms with Gasteiger partial charge in [-0.2, -0.15) is 5.26 Å². The lowest BCUT2D eigenvalue weighted by molar-refractivity contribution is -0.121. The van der Waals surface area contributed by atoms with E-state index in [2.05, 4.69) is 6.07 Å². The molecule has 1 spiro atoms. The Bertz CT molecular complexity index is 1510. The van der Waals surface area contributed by atoms with Gasteiger partial charge in [-0.05, 0) is 37.3 Å². The highest BCUT2D eigenvalue weighted by molar-refractivity contribution is 6.14. The van der Waals surface area contributed by atoms with Gasteiger partial charge in [-0.3, -0.25) is 9.59 Å². The van der Waals surface area contributed by atoms with E-state index in [0.29, 0.717) is 36.0 Å². The quantitative estimate of drug-likeness (QED) is 0.638. The maximum Gasteiger partial charge on any atom is 0.259 e. The first-order chi connectivity index (χ1) is 17.0. The number of nitriles is 1. The fraction of sp³-hybridized carbons (Fsp3) is 0.250. The second-order valence-electron chi connectivity index (χ2n) is 9.48. The molecule has 1 aromatic heterocycles. The first-order valence-corrected chi connectivity index (χ1v) is 11.7. The zero-order valence-electron chi connectivity index (χ0n) is 19.3. The van der Waals surface area contributed by atoms with Gasteiger partial charge in [0.2, 0.25) is 11.8 Å². The number of carbonyl (C=O) groups is 1. The van der Waals surface area contributed by atoms with E-state index in [1.54, 1.807) is 15.5 Å². The Balaban J connectivity index is 1.65. The van der Waals surface area contributed by atoms with E-state index in [1.165, 1.54) is 0 Å². The lowest BCUT2D eigenvalue weighted by Crippen LogP contribution is -2.50. The molecular formula is C28H24N4O3. The third kappa shape index (κ3) is 2.96. The van der Waals surface area contributed by atoms with Crippen molar-refractivity contribution in [3.63, 3.8) is 0 Å². The summed E-state index contributed by atoms with van der Waals surface area (Å²) in [6.45, 7) is 2.71. The zero-order chi connectivity index (χ0) is 24.3. The second-order valence-corrected chi connectivity index (χ2v) is 9.48. The van der Waals surface area contributed by atoms with Gasteiger partial charge in [-0.1, -0.05) is 48.5 Å². The first kappa shape index (κ1) is 21.2. The molecule has 1 fully saturated rings. The Hall–Kier alpha value is -4.31. The number of aryl methyl sites for hydroxylation is 1.